The summed E-state index contributed by atoms with van der Waals surface area (Å²) in [7, 11) is -3.79. The van der Waals surface area contributed by atoms with Crippen LogP contribution in [0.3, 0.4) is 0 Å². The van der Waals surface area contributed by atoms with Crippen LogP contribution in [-0.2, 0) is 27.8 Å². The van der Waals surface area contributed by atoms with Gasteiger partial charge in [0.1, 0.15) is 4.90 Å². The van der Waals surface area contributed by atoms with Gasteiger partial charge in [0.2, 0.25) is 15.9 Å². The zero-order valence-electron chi connectivity index (χ0n) is 13.7. The van der Waals surface area contributed by atoms with Gasteiger partial charge in [-0.3, -0.25) is 9.78 Å². The van der Waals surface area contributed by atoms with Gasteiger partial charge in [-0.15, -0.1) is 0 Å². The van der Waals surface area contributed by atoms with E-state index < -0.39 is 10.0 Å². The highest BCUT2D eigenvalue weighted by Gasteiger charge is 2.31. The molecule has 2 heterocycles. The molecule has 6 nitrogen and oxygen atoms in total. The molecular weight excluding hydrogens is 406 g/mol. The first-order chi connectivity index (χ1) is 11.9. The summed E-state index contributed by atoms with van der Waals surface area (Å²) in [5.74, 6) is -0.0813. The summed E-state index contributed by atoms with van der Waals surface area (Å²) in [6.07, 6.45) is 2.59. The highest BCUT2D eigenvalue weighted by atomic mass is 79.9. The minimum atomic E-state index is -3.79. The molecule has 0 fully saturated rings. The lowest BCUT2D eigenvalue weighted by molar-refractivity contribution is -0.118. The number of nitrogens with zero attached hydrogens (tertiary/aromatic N) is 2. The Labute approximate surface area is 155 Å². The van der Waals surface area contributed by atoms with Crippen LogP contribution in [-0.4, -0.2) is 25.9 Å². The summed E-state index contributed by atoms with van der Waals surface area (Å²) in [5.41, 5.74) is 1.97. The smallest absolute Gasteiger partial charge is 0.243 e. The second-order valence-electron chi connectivity index (χ2n) is 5.71. The summed E-state index contributed by atoms with van der Waals surface area (Å²) in [4.78, 5) is 18.0. The Morgan fingerprint density at radius 1 is 1.36 bits per heavy atom. The standard InChI is InChI=1S/C17H18BrN3O3S/c1-2-16(22)21-8-6-12-9-13(18)10-15(17(12)21)25(23,24)20-11-14-5-3-4-7-19-14/h3-5,7,9-10,20H,2,6,8,11H2,1H3. The Kier molecular flexibility index (Phi) is 5.21. The Hall–Kier alpha value is -1.77. The van der Waals surface area contributed by atoms with Gasteiger partial charge in [0.15, 0.2) is 0 Å². The number of nitrogens with one attached hydrogen (secondary N) is 1. The van der Waals surface area contributed by atoms with Gasteiger partial charge in [0.25, 0.3) is 0 Å². The lowest BCUT2D eigenvalue weighted by atomic mass is 10.2. The highest BCUT2D eigenvalue weighted by Crippen LogP contribution is 2.37. The van der Waals surface area contributed by atoms with Crippen LogP contribution in [0.5, 0.6) is 0 Å². The Balaban J connectivity index is 1.97. The number of pyridine rings is 1. The molecule has 1 aromatic carbocycles. The monoisotopic (exact) mass is 423 g/mol. The zero-order chi connectivity index (χ0) is 18.0. The van der Waals surface area contributed by atoms with Crippen molar-refractivity contribution in [2.45, 2.75) is 31.2 Å². The van der Waals surface area contributed by atoms with Crippen LogP contribution in [0.25, 0.3) is 0 Å². The topological polar surface area (TPSA) is 79.4 Å². The van der Waals surface area contributed by atoms with Crippen molar-refractivity contribution in [1.82, 2.24) is 9.71 Å². The predicted molar refractivity (Wildman–Crippen MR) is 98.8 cm³/mol. The molecule has 132 valence electrons. The van der Waals surface area contributed by atoms with Crippen molar-refractivity contribution in [3.8, 4) is 0 Å². The van der Waals surface area contributed by atoms with Gasteiger partial charge in [0.05, 0.1) is 17.9 Å². The van der Waals surface area contributed by atoms with Crippen molar-refractivity contribution in [3.05, 3.63) is 52.3 Å². The summed E-state index contributed by atoms with van der Waals surface area (Å²) in [6.45, 7) is 2.36. The minimum absolute atomic E-state index is 0.0813. The van der Waals surface area contributed by atoms with Crippen molar-refractivity contribution in [2.24, 2.45) is 0 Å². The molecule has 0 spiro atoms. The van der Waals surface area contributed by atoms with Crippen LogP contribution in [0, 0.1) is 0 Å². The maximum atomic E-state index is 12.9. The quantitative estimate of drug-likeness (QED) is 0.801. The van der Waals surface area contributed by atoms with E-state index in [9.17, 15) is 13.2 Å². The molecule has 8 heteroatoms. The summed E-state index contributed by atoms with van der Waals surface area (Å²) < 4.78 is 29.0. The third-order valence-corrected chi connectivity index (χ3v) is 5.93. The van der Waals surface area contributed by atoms with Gasteiger partial charge < -0.3 is 4.90 Å². The lowest BCUT2D eigenvalue weighted by Crippen LogP contribution is -2.31. The largest absolute Gasteiger partial charge is 0.310 e. The molecule has 1 aromatic heterocycles. The summed E-state index contributed by atoms with van der Waals surface area (Å²) >= 11 is 3.37. The maximum Gasteiger partial charge on any atom is 0.243 e. The molecule has 0 unspecified atom stereocenters. The molecular formula is C17H18BrN3O3S. The molecule has 0 aliphatic carbocycles. The number of halogens is 1. The van der Waals surface area contributed by atoms with Gasteiger partial charge in [-0.05, 0) is 36.2 Å². The number of carbonyl (C=O) groups is 1. The van der Waals surface area contributed by atoms with Crippen LogP contribution in [0.4, 0.5) is 5.69 Å². The minimum Gasteiger partial charge on any atom is -0.310 e. The molecule has 2 aromatic rings. The molecule has 0 saturated heterocycles. The van der Waals surface area contributed by atoms with Gasteiger partial charge in [-0.25, -0.2) is 13.1 Å². The fraction of sp³-hybridized carbons (Fsp3) is 0.294. The van der Waals surface area contributed by atoms with Gasteiger partial charge in [-0.2, -0.15) is 0 Å². The van der Waals surface area contributed by atoms with Gasteiger partial charge >= 0.3 is 0 Å². The van der Waals surface area contributed by atoms with Crippen LogP contribution in [0.1, 0.15) is 24.6 Å². The van der Waals surface area contributed by atoms with Crippen molar-refractivity contribution < 1.29 is 13.2 Å². The van der Waals surface area contributed by atoms with E-state index in [0.717, 1.165) is 5.56 Å². The SMILES string of the molecule is CCC(=O)N1CCc2cc(Br)cc(S(=O)(=O)NCc3ccccn3)c21. The molecule has 1 amide bonds. The van der Waals surface area contributed by atoms with Crippen LogP contribution >= 0.6 is 15.9 Å². The summed E-state index contributed by atoms with van der Waals surface area (Å²) in [6, 6.07) is 8.74. The second kappa shape index (κ2) is 7.23. The zero-order valence-corrected chi connectivity index (χ0v) is 16.1. The van der Waals surface area contributed by atoms with Crippen molar-refractivity contribution in [1.29, 1.82) is 0 Å². The van der Waals surface area contributed by atoms with Crippen LogP contribution in [0.2, 0.25) is 0 Å². The maximum absolute atomic E-state index is 12.9. The number of benzene rings is 1. The van der Waals surface area contributed by atoms with Gasteiger partial charge in [0, 0.05) is 23.6 Å². The van der Waals surface area contributed by atoms with Crippen molar-refractivity contribution in [2.75, 3.05) is 11.4 Å². The molecule has 0 bridgehead atoms. The number of carbonyl (C=O) groups excluding carboxylic acids is 1. The van der Waals surface area contributed by atoms with Crippen LogP contribution in [0.15, 0.2) is 45.9 Å². The van der Waals surface area contributed by atoms with E-state index in [1.54, 1.807) is 42.3 Å². The van der Waals surface area contributed by atoms with E-state index in [1.165, 1.54) is 0 Å². The Bertz CT molecular complexity index is 901. The fourth-order valence-corrected chi connectivity index (χ4v) is 4.79. The fourth-order valence-electron chi connectivity index (χ4n) is 2.86. The van der Waals surface area contributed by atoms with Crippen molar-refractivity contribution in [3.63, 3.8) is 0 Å². The molecule has 0 atom stereocenters. The molecule has 3 rings (SSSR count). The average molecular weight is 424 g/mol. The Morgan fingerprint density at radius 3 is 2.84 bits per heavy atom. The highest BCUT2D eigenvalue weighted by molar-refractivity contribution is 9.10. The number of sulfonamides is 1. The number of rotatable bonds is 5. The van der Waals surface area contributed by atoms with E-state index in [0.29, 0.717) is 35.2 Å². The summed E-state index contributed by atoms with van der Waals surface area (Å²) in [5, 5.41) is 0. The number of aromatic nitrogens is 1. The second-order valence-corrected chi connectivity index (χ2v) is 8.36. The first-order valence-corrected chi connectivity index (χ1v) is 10.2. The van der Waals surface area contributed by atoms with E-state index in [-0.39, 0.29) is 17.3 Å². The number of anilines is 1. The van der Waals surface area contributed by atoms with Gasteiger partial charge in [-0.1, -0.05) is 28.9 Å². The average Bonchev–Trinajstić information content (AvgIpc) is 3.03. The van der Waals surface area contributed by atoms with E-state index in [1.807, 2.05) is 6.07 Å². The van der Waals surface area contributed by atoms with E-state index in [4.69, 9.17) is 0 Å². The molecule has 1 N–H and O–H groups in total. The lowest BCUT2D eigenvalue weighted by Gasteiger charge is -2.20. The molecule has 25 heavy (non-hydrogen) atoms. The number of fused-ring (bicyclic) bond motifs is 1. The number of hydrogen-bond donors (Lipinski definition) is 1. The molecule has 0 saturated carbocycles. The third kappa shape index (κ3) is 3.75. The Morgan fingerprint density at radius 2 is 2.16 bits per heavy atom. The molecule has 1 aliphatic rings. The predicted octanol–water partition coefficient (Wildman–Crippen LogP) is 2.62. The molecule has 0 radical (unpaired) electrons. The van der Waals surface area contributed by atoms with E-state index >= 15 is 0 Å². The number of hydrogen-bond acceptors (Lipinski definition) is 4. The third-order valence-electron chi connectivity index (χ3n) is 4.06. The molecule has 1 aliphatic heterocycles. The first kappa shape index (κ1) is 18.0. The first-order valence-electron chi connectivity index (χ1n) is 7.94. The van der Waals surface area contributed by atoms with E-state index in [2.05, 4.69) is 25.6 Å². The number of amides is 1. The van der Waals surface area contributed by atoms with Crippen molar-refractivity contribution >= 4 is 37.5 Å². The normalized spacial score (nSPS) is 13.8. The van der Waals surface area contributed by atoms with Crippen LogP contribution < -0.4 is 9.62 Å².